The lowest BCUT2D eigenvalue weighted by atomic mass is 9.82. The van der Waals surface area contributed by atoms with Crippen molar-refractivity contribution in [2.45, 2.75) is 44.1 Å². The minimum atomic E-state index is -4.64. The number of aryl methyl sites for hydroxylation is 1. The molecule has 1 N–H and O–H groups in total. The highest BCUT2D eigenvalue weighted by atomic mass is 79.9. The number of oxazole rings is 1. The highest BCUT2D eigenvalue weighted by molar-refractivity contribution is 9.10. The number of fused-ring (bicyclic) bond motifs is 1. The van der Waals surface area contributed by atoms with Crippen molar-refractivity contribution in [2.75, 3.05) is 0 Å². The fourth-order valence-electron chi connectivity index (χ4n) is 3.12. The number of nitrogens with one attached hydrogen (secondary N) is 1. The van der Waals surface area contributed by atoms with E-state index in [4.69, 9.17) is 8.83 Å². The summed E-state index contributed by atoms with van der Waals surface area (Å²) in [5.74, 6) is -0.291. The van der Waals surface area contributed by atoms with Crippen molar-refractivity contribution in [3.63, 3.8) is 0 Å². The number of allylic oxidation sites excluding steroid dienone is 1. The zero-order valence-corrected chi connectivity index (χ0v) is 17.5. The number of carbonyl (C=O) groups is 1. The minimum Gasteiger partial charge on any atom is -0.432 e. The monoisotopic (exact) mass is 500 g/mol. The first-order valence-electron chi connectivity index (χ1n) is 9.28. The van der Waals surface area contributed by atoms with Crippen LogP contribution in [0.15, 0.2) is 43.8 Å². The molecular weight excluding hydrogens is 485 g/mol. The summed E-state index contributed by atoms with van der Waals surface area (Å²) >= 11 is 3.33. The number of aromatic nitrogens is 3. The van der Waals surface area contributed by atoms with Crippen LogP contribution in [0.25, 0.3) is 11.1 Å². The number of nitrogens with zero attached hydrogens (tertiary/aromatic N) is 3. The van der Waals surface area contributed by atoms with Crippen LogP contribution in [0.2, 0.25) is 0 Å². The van der Waals surface area contributed by atoms with Crippen LogP contribution in [0, 0.1) is 0 Å². The summed E-state index contributed by atoms with van der Waals surface area (Å²) in [4.78, 5) is 16.4. The standard InChI is InChI=1S/C19H16BrF3N4O4/c1-9(24-16(28)18-25-13-8-11(20)3-4-14(13)29-18)2-5-15-26-27-17(30-15)10-6-12(7-10)31-19(21,22)23/h3-4,8,10,12H,1-2,5-7H2,(H,24,28). The van der Waals surface area contributed by atoms with Gasteiger partial charge in [0.15, 0.2) is 5.58 Å². The first-order chi connectivity index (χ1) is 14.7. The molecule has 0 bridgehead atoms. The van der Waals surface area contributed by atoms with Crippen molar-refractivity contribution >= 4 is 32.9 Å². The SMILES string of the molecule is C=C(CCc1nnc(C2CC(OC(F)(F)F)C2)o1)NC(=O)c1nc2cc(Br)ccc2o1. The smallest absolute Gasteiger partial charge is 0.432 e. The molecule has 0 saturated heterocycles. The quantitative estimate of drug-likeness (QED) is 0.504. The molecule has 12 heteroatoms. The van der Waals surface area contributed by atoms with E-state index in [1.54, 1.807) is 18.2 Å². The fraction of sp³-hybridized carbons (Fsp3) is 0.368. The van der Waals surface area contributed by atoms with Crippen molar-refractivity contribution in [3.05, 3.63) is 52.6 Å². The van der Waals surface area contributed by atoms with Crippen LogP contribution in [-0.4, -0.2) is 33.6 Å². The Hall–Kier alpha value is -2.73. The number of amides is 1. The number of ether oxygens (including phenoxy) is 1. The molecule has 0 radical (unpaired) electrons. The Morgan fingerprint density at radius 1 is 1.29 bits per heavy atom. The Labute approximate surface area is 182 Å². The molecule has 1 saturated carbocycles. The maximum Gasteiger partial charge on any atom is 0.522 e. The second-order valence-corrected chi connectivity index (χ2v) is 7.99. The summed E-state index contributed by atoms with van der Waals surface area (Å²) in [6, 6.07) is 5.21. The average Bonchev–Trinajstić information content (AvgIpc) is 3.28. The number of halogens is 4. The van der Waals surface area contributed by atoms with E-state index in [-0.39, 0.29) is 30.5 Å². The number of hydrogen-bond donors (Lipinski definition) is 1. The Balaban J connectivity index is 1.25. The first-order valence-corrected chi connectivity index (χ1v) is 10.1. The molecule has 1 aliphatic carbocycles. The van der Waals surface area contributed by atoms with Gasteiger partial charge < -0.3 is 14.2 Å². The predicted octanol–water partition coefficient (Wildman–Crippen LogP) is 4.63. The van der Waals surface area contributed by atoms with Gasteiger partial charge in [-0.15, -0.1) is 23.4 Å². The zero-order valence-electron chi connectivity index (χ0n) is 15.9. The topological polar surface area (TPSA) is 103 Å². The molecule has 1 aromatic carbocycles. The maximum absolute atomic E-state index is 12.3. The summed E-state index contributed by atoms with van der Waals surface area (Å²) in [6.45, 7) is 3.79. The molecule has 8 nitrogen and oxygen atoms in total. The van der Waals surface area contributed by atoms with Gasteiger partial charge in [-0.05, 0) is 37.5 Å². The normalized spacial score (nSPS) is 18.7. The van der Waals surface area contributed by atoms with E-state index in [0.717, 1.165) is 4.47 Å². The van der Waals surface area contributed by atoms with E-state index >= 15 is 0 Å². The minimum absolute atomic E-state index is 0.0880. The van der Waals surface area contributed by atoms with E-state index in [0.29, 0.717) is 35.5 Å². The lowest BCUT2D eigenvalue weighted by Gasteiger charge is -2.32. The van der Waals surface area contributed by atoms with Gasteiger partial charge in [-0.25, -0.2) is 4.98 Å². The second kappa shape index (κ2) is 8.42. The summed E-state index contributed by atoms with van der Waals surface area (Å²) in [5, 5.41) is 10.4. The molecular formula is C19H16BrF3N4O4. The zero-order chi connectivity index (χ0) is 22.2. The highest BCUT2D eigenvalue weighted by Gasteiger charge is 2.42. The summed E-state index contributed by atoms with van der Waals surface area (Å²) in [7, 11) is 0. The third-order valence-corrected chi connectivity index (χ3v) is 5.19. The number of alkyl halides is 3. The molecule has 4 rings (SSSR count). The van der Waals surface area contributed by atoms with Gasteiger partial charge >= 0.3 is 12.3 Å². The summed E-state index contributed by atoms with van der Waals surface area (Å²) < 4.78 is 52.3. The van der Waals surface area contributed by atoms with E-state index < -0.39 is 18.4 Å². The van der Waals surface area contributed by atoms with Crippen LogP contribution in [-0.2, 0) is 11.2 Å². The molecule has 2 aromatic heterocycles. The second-order valence-electron chi connectivity index (χ2n) is 7.08. The molecule has 164 valence electrons. The number of benzene rings is 1. The van der Waals surface area contributed by atoms with Gasteiger partial charge in [0, 0.05) is 22.5 Å². The van der Waals surface area contributed by atoms with Crippen LogP contribution in [0.3, 0.4) is 0 Å². The summed E-state index contributed by atoms with van der Waals surface area (Å²) in [5.41, 5.74) is 1.43. The number of hydrogen-bond acceptors (Lipinski definition) is 7. The Bertz CT molecular complexity index is 1120. The Morgan fingerprint density at radius 3 is 2.81 bits per heavy atom. The van der Waals surface area contributed by atoms with Crippen LogP contribution in [0.1, 0.15) is 47.6 Å². The van der Waals surface area contributed by atoms with Gasteiger partial charge in [0.25, 0.3) is 5.89 Å². The average molecular weight is 501 g/mol. The lowest BCUT2D eigenvalue weighted by Crippen LogP contribution is -2.34. The first kappa shape index (κ1) is 21.5. The van der Waals surface area contributed by atoms with Crippen LogP contribution in [0.4, 0.5) is 13.2 Å². The Morgan fingerprint density at radius 2 is 2.06 bits per heavy atom. The summed E-state index contributed by atoms with van der Waals surface area (Å²) in [6.07, 6.45) is -4.56. The molecule has 1 aliphatic rings. The predicted molar refractivity (Wildman–Crippen MR) is 104 cm³/mol. The van der Waals surface area contributed by atoms with Gasteiger partial charge in [-0.3, -0.25) is 9.53 Å². The molecule has 1 fully saturated rings. The highest BCUT2D eigenvalue weighted by Crippen LogP contribution is 2.40. The molecule has 0 atom stereocenters. The molecule has 0 spiro atoms. The Kier molecular flexibility index (Phi) is 5.84. The molecule has 0 unspecified atom stereocenters. The largest absolute Gasteiger partial charge is 0.522 e. The van der Waals surface area contributed by atoms with Crippen molar-refractivity contribution in [1.82, 2.24) is 20.5 Å². The van der Waals surface area contributed by atoms with Crippen LogP contribution < -0.4 is 5.32 Å². The lowest BCUT2D eigenvalue weighted by molar-refractivity contribution is -0.352. The van der Waals surface area contributed by atoms with Crippen molar-refractivity contribution in [3.8, 4) is 0 Å². The third-order valence-electron chi connectivity index (χ3n) is 4.70. The maximum atomic E-state index is 12.3. The van der Waals surface area contributed by atoms with Gasteiger partial charge in [0.2, 0.25) is 11.8 Å². The van der Waals surface area contributed by atoms with Crippen LogP contribution >= 0.6 is 15.9 Å². The molecule has 1 amide bonds. The molecule has 31 heavy (non-hydrogen) atoms. The number of carbonyl (C=O) groups excluding carboxylic acids is 1. The van der Waals surface area contributed by atoms with E-state index in [1.807, 2.05) is 0 Å². The van der Waals surface area contributed by atoms with Crippen molar-refractivity contribution in [2.24, 2.45) is 0 Å². The van der Waals surface area contributed by atoms with Gasteiger partial charge in [-0.2, -0.15) is 0 Å². The van der Waals surface area contributed by atoms with E-state index in [9.17, 15) is 18.0 Å². The van der Waals surface area contributed by atoms with E-state index in [1.165, 1.54) is 0 Å². The number of rotatable bonds is 7. The molecule has 2 heterocycles. The molecule has 0 aliphatic heterocycles. The third kappa shape index (κ3) is 5.31. The van der Waals surface area contributed by atoms with Crippen molar-refractivity contribution < 1.29 is 31.5 Å². The van der Waals surface area contributed by atoms with Crippen LogP contribution in [0.5, 0.6) is 0 Å². The van der Waals surface area contributed by atoms with Crippen molar-refractivity contribution in [1.29, 1.82) is 0 Å². The van der Waals surface area contributed by atoms with Gasteiger partial charge in [-0.1, -0.05) is 22.5 Å². The fourth-order valence-corrected chi connectivity index (χ4v) is 3.47. The van der Waals surface area contributed by atoms with Gasteiger partial charge in [0.05, 0.1) is 6.10 Å². The van der Waals surface area contributed by atoms with Gasteiger partial charge in [0.1, 0.15) is 5.52 Å². The molecule has 3 aromatic rings. The van der Waals surface area contributed by atoms with E-state index in [2.05, 4.69) is 47.7 Å².